The number of rotatable bonds is 4. The minimum Gasteiger partial charge on any atom is -0.370 e. The molecule has 0 radical (unpaired) electrons. The first kappa shape index (κ1) is 29.1. The Balaban J connectivity index is 1.17. The van der Waals surface area contributed by atoms with Gasteiger partial charge in [-0.15, -0.1) is 0 Å². The average molecular weight is 667 g/mol. The fraction of sp³-hybridized carbons (Fsp3) is 0.0625. The van der Waals surface area contributed by atoms with Gasteiger partial charge in [-0.05, 0) is 52.4 Å². The molecule has 0 bridgehead atoms. The van der Waals surface area contributed by atoms with E-state index in [1.165, 1.54) is 54.8 Å². The van der Waals surface area contributed by atoms with Gasteiger partial charge in [0.1, 0.15) is 0 Å². The molecule has 3 atom stereocenters. The molecule has 1 N–H and O–H groups in total. The molecular weight excluding hydrogens is 633 g/mol. The molecule has 0 spiro atoms. The molecule has 52 heavy (non-hydrogen) atoms. The van der Waals surface area contributed by atoms with E-state index in [1.807, 2.05) is 0 Å². The van der Waals surface area contributed by atoms with Crippen LogP contribution in [-0.2, 0) is 0 Å². The lowest BCUT2D eigenvalue weighted by Gasteiger charge is -2.30. The maximum Gasteiger partial charge on any atom is 0.162 e. The lowest BCUT2D eigenvalue weighted by atomic mass is 9.89. The van der Waals surface area contributed by atoms with E-state index in [0.717, 1.165) is 28.3 Å². The zero-order valence-electron chi connectivity index (χ0n) is 28.4. The van der Waals surface area contributed by atoms with Crippen LogP contribution in [0.5, 0.6) is 0 Å². The summed E-state index contributed by atoms with van der Waals surface area (Å²) >= 11 is 0. The second kappa shape index (κ2) is 11.4. The molecule has 0 fully saturated rings. The molecule has 3 heterocycles. The van der Waals surface area contributed by atoms with Gasteiger partial charge in [0.2, 0.25) is 0 Å². The Morgan fingerprint density at radius 1 is 0.596 bits per heavy atom. The average Bonchev–Trinajstić information content (AvgIpc) is 3.72. The third kappa shape index (κ3) is 4.37. The van der Waals surface area contributed by atoms with Crippen LogP contribution in [0.2, 0.25) is 0 Å². The molecule has 4 heteroatoms. The number of allylic oxidation sites excluding steroid dienone is 2. The summed E-state index contributed by atoms with van der Waals surface area (Å²) in [7, 11) is 0. The van der Waals surface area contributed by atoms with Crippen LogP contribution in [0.25, 0.3) is 56.5 Å². The van der Waals surface area contributed by atoms with E-state index in [9.17, 15) is 0 Å². The van der Waals surface area contributed by atoms with Crippen LogP contribution in [0.1, 0.15) is 17.0 Å². The number of aromatic nitrogens is 1. The Bertz CT molecular complexity index is 2820. The fourth-order valence-electron chi connectivity index (χ4n) is 8.75. The predicted molar refractivity (Wildman–Crippen MR) is 217 cm³/mol. The summed E-state index contributed by atoms with van der Waals surface area (Å²) in [4.78, 5) is 8.06. The van der Waals surface area contributed by atoms with Crippen LogP contribution in [0, 0.1) is 0 Å². The minimum atomic E-state index is 0.00121. The van der Waals surface area contributed by atoms with Crippen molar-refractivity contribution in [1.29, 1.82) is 0 Å². The van der Waals surface area contributed by atoms with Crippen LogP contribution >= 0.6 is 0 Å². The van der Waals surface area contributed by atoms with Gasteiger partial charge in [0, 0.05) is 33.2 Å². The second-order valence-electron chi connectivity index (χ2n) is 14.0. The molecule has 3 unspecified atom stereocenters. The number of aliphatic imine (C=N–C) groups is 1. The Morgan fingerprint density at radius 2 is 1.31 bits per heavy atom. The maximum absolute atomic E-state index is 5.50. The Labute approximate surface area is 302 Å². The molecule has 2 aliphatic carbocycles. The minimum absolute atomic E-state index is 0.00121. The number of fused-ring (bicyclic) bond motifs is 9. The summed E-state index contributed by atoms with van der Waals surface area (Å²) in [6.45, 7) is 0. The standard InChI is InChI=1S/C48H34N4/c1-3-13-31(14-4-1)32-23-25-34(26-24-32)46-48(50-42-21-11-10-20-41(42)49-46)52-43-22-12-9-19-37(43)39-29-40-38-28-27-33-15-7-8-18-36(33)47(38)51(44(40)30-45(39)52)35-16-5-2-6-17-35/h1-30,40-41,44,49H. The normalized spacial score (nSPS) is 19.7. The topological polar surface area (TPSA) is 32.6 Å². The summed E-state index contributed by atoms with van der Waals surface area (Å²) in [5.41, 5.74) is 10.6. The van der Waals surface area contributed by atoms with Gasteiger partial charge in [0.05, 0.1) is 40.0 Å². The zero-order chi connectivity index (χ0) is 34.2. The highest BCUT2D eigenvalue weighted by molar-refractivity contribution is 6.09. The van der Waals surface area contributed by atoms with Crippen LogP contribution in [0.15, 0.2) is 175 Å². The highest BCUT2D eigenvalue weighted by atomic mass is 15.2. The first-order valence-corrected chi connectivity index (χ1v) is 18.1. The van der Waals surface area contributed by atoms with Gasteiger partial charge < -0.3 is 10.2 Å². The largest absolute Gasteiger partial charge is 0.370 e. The van der Waals surface area contributed by atoms with Crippen LogP contribution < -0.4 is 20.8 Å². The molecule has 4 aliphatic rings. The lowest BCUT2D eigenvalue weighted by Crippen LogP contribution is -2.42. The summed E-state index contributed by atoms with van der Waals surface area (Å²) in [5.74, 6) is 1.10. The monoisotopic (exact) mass is 666 g/mol. The van der Waals surface area contributed by atoms with Crippen LogP contribution in [0.4, 0.5) is 11.4 Å². The molecule has 0 amide bonds. The van der Waals surface area contributed by atoms with E-state index in [1.54, 1.807) is 0 Å². The van der Waals surface area contributed by atoms with E-state index in [4.69, 9.17) is 4.99 Å². The van der Waals surface area contributed by atoms with E-state index in [0.29, 0.717) is 0 Å². The highest BCUT2D eigenvalue weighted by Gasteiger charge is 2.40. The van der Waals surface area contributed by atoms with Crippen LogP contribution in [-0.4, -0.2) is 22.4 Å². The van der Waals surface area contributed by atoms with Crippen molar-refractivity contribution in [2.75, 3.05) is 4.90 Å². The Morgan fingerprint density at radius 3 is 2.15 bits per heavy atom. The van der Waals surface area contributed by atoms with Crippen molar-refractivity contribution in [1.82, 2.24) is 9.88 Å². The number of hydrogen-bond acceptors (Lipinski definition) is 3. The van der Waals surface area contributed by atoms with Crippen molar-refractivity contribution in [3.05, 3.63) is 192 Å². The van der Waals surface area contributed by atoms with E-state index in [2.05, 4.69) is 197 Å². The molecule has 4 nitrogen and oxygen atoms in total. The van der Waals surface area contributed by atoms with E-state index in [-0.39, 0.29) is 18.0 Å². The van der Waals surface area contributed by atoms with Crippen molar-refractivity contribution in [2.24, 2.45) is 4.99 Å². The van der Waals surface area contributed by atoms with Gasteiger partial charge in [-0.3, -0.25) is 4.57 Å². The van der Waals surface area contributed by atoms with Gasteiger partial charge in [0.25, 0.3) is 0 Å². The number of para-hydroxylation sites is 2. The lowest BCUT2D eigenvalue weighted by molar-refractivity contribution is 0.795. The van der Waals surface area contributed by atoms with Gasteiger partial charge >= 0.3 is 0 Å². The Kier molecular flexibility index (Phi) is 6.41. The van der Waals surface area contributed by atoms with Gasteiger partial charge in [-0.2, -0.15) is 0 Å². The predicted octanol–water partition coefficient (Wildman–Crippen LogP) is 9.16. The first-order valence-electron chi connectivity index (χ1n) is 18.1. The highest BCUT2D eigenvalue weighted by Crippen LogP contribution is 2.50. The van der Waals surface area contributed by atoms with Gasteiger partial charge in [-0.1, -0.05) is 152 Å². The number of hydrogen-bond donors (Lipinski definition) is 1. The SMILES string of the molecule is C1=CC2=NC(n3c4c(c5ccccc53)=CC3c5ccc6ccccc6c5N(c5ccccc5)C3C=4)=C(c3ccc(-c4ccccc4)cc3)NC2C=C1. The Hall–Kier alpha value is -6.65. The smallest absolute Gasteiger partial charge is 0.162 e. The molecule has 11 rings (SSSR count). The van der Waals surface area contributed by atoms with E-state index >= 15 is 0 Å². The van der Waals surface area contributed by atoms with Gasteiger partial charge in [0.15, 0.2) is 5.82 Å². The summed E-state index contributed by atoms with van der Waals surface area (Å²) < 4.78 is 2.41. The third-order valence-electron chi connectivity index (χ3n) is 11.1. The summed E-state index contributed by atoms with van der Waals surface area (Å²) in [6.07, 6.45) is 13.5. The van der Waals surface area contributed by atoms with Crippen LogP contribution in [0.3, 0.4) is 0 Å². The van der Waals surface area contributed by atoms with Crippen molar-refractivity contribution in [3.63, 3.8) is 0 Å². The fourth-order valence-corrected chi connectivity index (χ4v) is 8.75. The first-order chi connectivity index (χ1) is 25.8. The summed E-state index contributed by atoms with van der Waals surface area (Å²) in [6, 6.07) is 52.7. The molecular formula is C48H34N4. The third-order valence-corrected chi connectivity index (χ3v) is 11.1. The number of nitrogens with one attached hydrogen (secondary N) is 1. The molecule has 2 aliphatic heterocycles. The van der Waals surface area contributed by atoms with Crippen molar-refractivity contribution in [3.8, 4) is 11.1 Å². The maximum atomic E-state index is 5.50. The van der Waals surface area contributed by atoms with E-state index < -0.39 is 0 Å². The number of nitrogens with zero attached hydrogens (tertiary/aromatic N) is 3. The van der Waals surface area contributed by atoms with Crippen molar-refractivity contribution >= 4 is 62.4 Å². The molecule has 0 saturated heterocycles. The molecule has 246 valence electrons. The zero-order valence-corrected chi connectivity index (χ0v) is 28.4. The van der Waals surface area contributed by atoms with Crippen molar-refractivity contribution < 1.29 is 0 Å². The van der Waals surface area contributed by atoms with Gasteiger partial charge in [-0.25, -0.2) is 4.99 Å². The number of benzene rings is 6. The molecule has 0 saturated carbocycles. The second-order valence-corrected chi connectivity index (χ2v) is 14.0. The van der Waals surface area contributed by atoms with Crippen molar-refractivity contribution in [2.45, 2.75) is 18.0 Å². The molecule has 1 aromatic heterocycles. The number of anilines is 2. The summed E-state index contributed by atoms with van der Waals surface area (Å²) in [5, 5.41) is 10.1. The quantitative estimate of drug-likeness (QED) is 0.203. The molecule has 6 aromatic carbocycles. The molecule has 7 aromatic rings.